The molecule has 1 unspecified atom stereocenters. The fourth-order valence-corrected chi connectivity index (χ4v) is 2.45. The maximum absolute atomic E-state index is 12.0. The fraction of sp³-hybridized carbons (Fsp3) is 0.526. The third kappa shape index (κ3) is 7.30. The van der Waals surface area contributed by atoms with Crippen LogP contribution in [-0.4, -0.2) is 41.5 Å². The van der Waals surface area contributed by atoms with Gasteiger partial charge in [-0.3, -0.25) is 4.79 Å². The highest BCUT2D eigenvalue weighted by molar-refractivity contribution is 5.76. The van der Waals surface area contributed by atoms with Crippen molar-refractivity contribution in [3.8, 4) is 11.4 Å². The Morgan fingerprint density at radius 2 is 1.89 bits per heavy atom. The van der Waals surface area contributed by atoms with Crippen LogP contribution in [0.3, 0.4) is 0 Å². The molecule has 1 aromatic carbocycles. The summed E-state index contributed by atoms with van der Waals surface area (Å²) < 4.78 is 45.7. The van der Waals surface area contributed by atoms with Crippen molar-refractivity contribution in [1.29, 1.82) is 0 Å². The van der Waals surface area contributed by atoms with Crippen molar-refractivity contribution in [2.45, 2.75) is 51.7 Å². The minimum Gasteiger partial charge on any atom is -0.370 e. The molecule has 0 saturated heterocycles. The Hall–Kier alpha value is -2.42. The SMILES string of the molecule is CC(COCC(F)(F)F)NC(=O)CCc1nc(-c2ccc(C(C)C)cc2)no1. The van der Waals surface area contributed by atoms with Crippen LogP contribution in [0, 0.1) is 0 Å². The van der Waals surface area contributed by atoms with Gasteiger partial charge >= 0.3 is 6.18 Å². The van der Waals surface area contributed by atoms with Crippen LogP contribution in [0.25, 0.3) is 11.4 Å². The third-order valence-electron chi connectivity index (χ3n) is 3.91. The van der Waals surface area contributed by atoms with E-state index in [1.54, 1.807) is 6.92 Å². The predicted molar refractivity (Wildman–Crippen MR) is 96.6 cm³/mol. The lowest BCUT2D eigenvalue weighted by molar-refractivity contribution is -0.175. The average Bonchev–Trinajstić information content (AvgIpc) is 3.08. The molecule has 1 amide bonds. The summed E-state index contributed by atoms with van der Waals surface area (Å²) in [6.45, 7) is 4.23. The zero-order chi connectivity index (χ0) is 20.7. The number of alkyl halides is 3. The number of nitrogens with zero attached hydrogens (tertiary/aromatic N) is 2. The van der Waals surface area contributed by atoms with Gasteiger partial charge in [0, 0.05) is 24.4 Å². The van der Waals surface area contributed by atoms with Crippen molar-refractivity contribution in [3.05, 3.63) is 35.7 Å². The molecule has 1 heterocycles. The summed E-state index contributed by atoms with van der Waals surface area (Å²) in [7, 11) is 0. The summed E-state index contributed by atoms with van der Waals surface area (Å²) in [6, 6.07) is 7.31. The van der Waals surface area contributed by atoms with Crippen molar-refractivity contribution < 1.29 is 27.2 Å². The number of ether oxygens (including phenoxy) is 1. The van der Waals surface area contributed by atoms with Crippen LogP contribution >= 0.6 is 0 Å². The maximum Gasteiger partial charge on any atom is 0.411 e. The number of carbonyl (C=O) groups is 1. The minimum absolute atomic E-state index is 0.0809. The number of benzene rings is 1. The van der Waals surface area contributed by atoms with Crippen molar-refractivity contribution in [1.82, 2.24) is 15.5 Å². The van der Waals surface area contributed by atoms with Crippen LogP contribution < -0.4 is 5.32 Å². The first-order valence-corrected chi connectivity index (χ1v) is 9.01. The fourth-order valence-electron chi connectivity index (χ4n) is 2.45. The van der Waals surface area contributed by atoms with E-state index >= 15 is 0 Å². The van der Waals surface area contributed by atoms with Crippen molar-refractivity contribution >= 4 is 5.91 Å². The zero-order valence-electron chi connectivity index (χ0n) is 16.0. The lowest BCUT2D eigenvalue weighted by atomic mass is 10.0. The van der Waals surface area contributed by atoms with Crippen LogP contribution in [0.2, 0.25) is 0 Å². The Bertz CT molecular complexity index is 758. The summed E-state index contributed by atoms with van der Waals surface area (Å²) >= 11 is 0. The van der Waals surface area contributed by atoms with Gasteiger partial charge in [-0.1, -0.05) is 43.3 Å². The highest BCUT2D eigenvalue weighted by Crippen LogP contribution is 2.20. The first-order chi connectivity index (χ1) is 13.1. The van der Waals surface area contributed by atoms with Gasteiger partial charge in [0.1, 0.15) is 6.61 Å². The first kappa shape index (κ1) is 21.9. The van der Waals surface area contributed by atoms with Crippen molar-refractivity contribution in [2.75, 3.05) is 13.2 Å². The topological polar surface area (TPSA) is 77.2 Å². The minimum atomic E-state index is -4.38. The second kappa shape index (κ2) is 9.68. The Morgan fingerprint density at radius 3 is 2.50 bits per heavy atom. The van der Waals surface area contributed by atoms with Gasteiger partial charge in [0.2, 0.25) is 17.6 Å². The normalized spacial score (nSPS) is 13.0. The lowest BCUT2D eigenvalue weighted by Crippen LogP contribution is -2.37. The Labute approximate surface area is 161 Å². The van der Waals surface area contributed by atoms with Gasteiger partial charge in [-0.25, -0.2) is 0 Å². The number of nitrogens with one attached hydrogen (secondary N) is 1. The number of aromatic nitrogens is 2. The number of aryl methyl sites for hydroxylation is 1. The molecule has 0 aliphatic carbocycles. The molecule has 1 aromatic heterocycles. The highest BCUT2D eigenvalue weighted by atomic mass is 19.4. The second-order valence-electron chi connectivity index (χ2n) is 6.89. The maximum atomic E-state index is 12.0. The molecule has 2 aromatic rings. The number of halogens is 3. The standard InChI is InChI=1S/C19H24F3N3O3/c1-12(2)14-4-6-15(7-5-14)18-24-17(28-25-18)9-8-16(26)23-13(3)10-27-11-19(20,21)22/h4-7,12-13H,8-11H2,1-3H3,(H,23,26). The van der Waals surface area contributed by atoms with E-state index < -0.39 is 18.8 Å². The molecule has 28 heavy (non-hydrogen) atoms. The summed E-state index contributed by atoms with van der Waals surface area (Å²) in [4.78, 5) is 16.2. The molecular formula is C19H24F3N3O3. The lowest BCUT2D eigenvalue weighted by Gasteiger charge is -2.14. The number of hydrogen-bond acceptors (Lipinski definition) is 5. The van der Waals surface area contributed by atoms with Gasteiger partial charge in [-0.15, -0.1) is 0 Å². The summed E-state index contributed by atoms with van der Waals surface area (Å²) in [6.07, 6.45) is -4.06. The summed E-state index contributed by atoms with van der Waals surface area (Å²) in [5.74, 6) is 0.859. The van der Waals surface area contributed by atoms with Crippen LogP contribution in [0.4, 0.5) is 13.2 Å². The van der Waals surface area contributed by atoms with Crippen LogP contribution in [-0.2, 0) is 16.0 Å². The molecule has 0 radical (unpaired) electrons. The van der Waals surface area contributed by atoms with Gasteiger partial charge in [0.25, 0.3) is 0 Å². The number of carbonyl (C=O) groups excluding carboxylic acids is 1. The highest BCUT2D eigenvalue weighted by Gasteiger charge is 2.27. The zero-order valence-corrected chi connectivity index (χ0v) is 16.0. The van der Waals surface area contributed by atoms with Gasteiger partial charge < -0.3 is 14.6 Å². The van der Waals surface area contributed by atoms with Crippen molar-refractivity contribution in [2.24, 2.45) is 0 Å². The van der Waals surface area contributed by atoms with E-state index in [0.29, 0.717) is 17.6 Å². The molecule has 6 nitrogen and oxygen atoms in total. The number of rotatable bonds is 9. The predicted octanol–water partition coefficient (Wildman–Crippen LogP) is 3.88. The average molecular weight is 399 g/mol. The second-order valence-corrected chi connectivity index (χ2v) is 6.89. The molecular weight excluding hydrogens is 375 g/mol. The smallest absolute Gasteiger partial charge is 0.370 e. The quantitative estimate of drug-likeness (QED) is 0.693. The molecule has 1 N–H and O–H groups in total. The first-order valence-electron chi connectivity index (χ1n) is 9.01. The molecule has 1 atom stereocenters. The molecule has 0 fully saturated rings. The molecule has 0 spiro atoms. The van der Waals surface area contributed by atoms with E-state index in [9.17, 15) is 18.0 Å². The Balaban J connectivity index is 1.78. The summed E-state index contributed by atoms with van der Waals surface area (Å²) in [5.41, 5.74) is 2.02. The van der Waals surface area contributed by atoms with Crippen LogP contribution in [0.5, 0.6) is 0 Å². The summed E-state index contributed by atoms with van der Waals surface area (Å²) in [5, 5.41) is 6.49. The van der Waals surface area contributed by atoms with Gasteiger partial charge in [-0.2, -0.15) is 18.2 Å². The van der Waals surface area contributed by atoms with Crippen LogP contribution in [0.1, 0.15) is 44.6 Å². The third-order valence-corrected chi connectivity index (χ3v) is 3.91. The van der Waals surface area contributed by atoms with Gasteiger partial charge in [0.05, 0.1) is 6.61 Å². The molecule has 2 rings (SSSR count). The number of hydrogen-bond donors (Lipinski definition) is 1. The Morgan fingerprint density at radius 1 is 1.21 bits per heavy atom. The molecule has 0 bridgehead atoms. The van der Waals surface area contributed by atoms with Crippen molar-refractivity contribution in [3.63, 3.8) is 0 Å². The van der Waals surface area contributed by atoms with E-state index in [1.807, 2.05) is 24.3 Å². The molecule has 0 aliphatic rings. The largest absolute Gasteiger partial charge is 0.411 e. The van der Waals surface area contributed by atoms with E-state index in [0.717, 1.165) is 5.56 Å². The van der Waals surface area contributed by atoms with E-state index in [-0.39, 0.29) is 25.4 Å². The van der Waals surface area contributed by atoms with E-state index in [4.69, 9.17) is 4.52 Å². The monoisotopic (exact) mass is 399 g/mol. The number of amides is 1. The molecule has 0 aliphatic heterocycles. The van der Waals surface area contributed by atoms with E-state index in [2.05, 4.69) is 34.0 Å². The van der Waals surface area contributed by atoms with E-state index in [1.165, 1.54) is 5.56 Å². The van der Waals surface area contributed by atoms with Gasteiger partial charge in [0.15, 0.2) is 0 Å². The Kier molecular flexibility index (Phi) is 7.56. The van der Waals surface area contributed by atoms with Crippen LogP contribution in [0.15, 0.2) is 28.8 Å². The van der Waals surface area contributed by atoms with Gasteiger partial charge in [-0.05, 0) is 18.4 Å². The molecule has 0 saturated carbocycles. The molecule has 9 heteroatoms. The molecule has 154 valence electrons.